The second kappa shape index (κ2) is 17.2. The van der Waals surface area contributed by atoms with Crippen LogP contribution >= 0.6 is 0 Å². The van der Waals surface area contributed by atoms with Crippen LogP contribution in [0.25, 0.3) is 0 Å². The Morgan fingerprint density at radius 3 is 1.92 bits per heavy atom. The SMILES string of the molecule is CN(C[C@@H](CC1CCCCC1)N(C[C@H](Cc1ccccc1)N(CCc1ccccc1)N=O)N=O)N=O.[Na]. The van der Waals surface area contributed by atoms with Crippen molar-refractivity contribution in [3.05, 3.63) is 86.5 Å². The van der Waals surface area contributed by atoms with Crippen molar-refractivity contribution in [2.75, 3.05) is 26.7 Å². The summed E-state index contributed by atoms with van der Waals surface area (Å²) in [6.07, 6.45) is 7.83. The number of nitrogens with zero attached hydrogens (tertiary/aromatic N) is 6. The zero-order valence-corrected chi connectivity index (χ0v) is 24.2. The fourth-order valence-electron chi connectivity index (χ4n) is 5.23. The summed E-state index contributed by atoms with van der Waals surface area (Å²) in [5, 5.41) is 14.2. The first kappa shape index (κ1) is 30.9. The normalized spacial score (nSPS) is 15.1. The van der Waals surface area contributed by atoms with Crippen molar-refractivity contribution in [1.29, 1.82) is 0 Å². The van der Waals surface area contributed by atoms with E-state index in [4.69, 9.17) is 0 Å². The van der Waals surface area contributed by atoms with E-state index in [2.05, 4.69) is 15.9 Å². The van der Waals surface area contributed by atoms with Gasteiger partial charge in [-0.3, -0.25) is 15.0 Å². The fourth-order valence-corrected chi connectivity index (χ4v) is 5.23. The van der Waals surface area contributed by atoms with Crippen molar-refractivity contribution < 1.29 is 0 Å². The molecule has 0 bridgehead atoms. The molecule has 1 aliphatic rings. The van der Waals surface area contributed by atoms with Gasteiger partial charge in [-0.1, -0.05) is 92.8 Å². The van der Waals surface area contributed by atoms with Gasteiger partial charge in [0.25, 0.3) is 0 Å². The van der Waals surface area contributed by atoms with Gasteiger partial charge in [-0.15, -0.1) is 14.7 Å². The van der Waals surface area contributed by atoms with Crippen molar-refractivity contribution in [3.63, 3.8) is 0 Å². The Labute approximate surface area is 242 Å². The average Bonchev–Trinajstić information content (AvgIpc) is 2.93. The Morgan fingerprint density at radius 1 is 0.757 bits per heavy atom. The Bertz CT molecular complexity index is 917. The van der Waals surface area contributed by atoms with Gasteiger partial charge < -0.3 is 0 Å². The molecule has 10 heteroatoms. The van der Waals surface area contributed by atoms with Crippen LogP contribution in [0.3, 0.4) is 0 Å². The molecule has 0 N–H and O–H groups in total. The molecule has 0 aromatic heterocycles. The minimum Gasteiger partial charge on any atom is -0.262 e. The predicted molar refractivity (Wildman–Crippen MR) is 148 cm³/mol. The number of likely N-dealkylation sites (N-methyl/N-ethyl adjacent to an activating group) is 1. The topological polar surface area (TPSA) is 98.0 Å². The van der Waals surface area contributed by atoms with Gasteiger partial charge in [0.1, 0.15) is 0 Å². The molecule has 1 aliphatic carbocycles. The maximum atomic E-state index is 12.2. The molecule has 1 saturated carbocycles. The quantitative estimate of drug-likeness (QED) is 0.168. The Kier molecular flexibility index (Phi) is 14.4. The molecular weight excluding hydrogens is 479 g/mol. The van der Waals surface area contributed by atoms with Gasteiger partial charge in [0.2, 0.25) is 0 Å². The second-order valence-corrected chi connectivity index (χ2v) is 9.84. The molecule has 2 aromatic carbocycles. The van der Waals surface area contributed by atoms with Crippen molar-refractivity contribution in [1.82, 2.24) is 15.0 Å². The standard InChI is InChI=1S/C27H38N6O3.Na/c1-31(28-34)21-26(19-24-13-7-3-8-14-24)33(30-36)22-27(20-25-15-9-4-10-16-25)32(29-35)18-17-23-11-5-2-6-12-23;/h2,4-6,9-12,15-16,24,26-27H,3,7-8,13-14,17-22H2,1H3;/t26-,27+;/m1./s1. The Hall–Kier alpha value is -2.36. The summed E-state index contributed by atoms with van der Waals surface area (Å²) in [5.74, 6) is 0.485. The first-order valence-corrected chi connectivity index (χ1v) is 12.9. The predicted octanol–water partition coefficient (Wildman–Crippen LogP) is 5.38. The summed E-state index contributed by atoms with van der Waals surface area (Å²) in [6.45, 7) is 0.978. The molecule has 2 aromatic rings. The molecule has 0 saturated heterocycles. The monoisotopic (exact) mass is 517 g/mol. The van der Waals surface area contributed by atoms with Crippen LogP contribution in [0.4, 0.5) is 0 Å². The molecule has 0 spiro atoms. The Morgan fingerprint density at radius 2 is 1.35 bits per heavy atom. The molecule has 0 aliphatic heterocycles. The number of benzene rings is 2. The van der Waals surface area contributed by atoms with E-state index < -0.39 is 0 Å². The van der Waals surface area contributed by atoms with Gasteiger partial charge in [-0.05, 0) is 36.3 Å². The van der Waals surface area contributed by atoms with E-state index in [0.29, 0.717) is 31.8 Å². The van der Waals surface area contributed by atoms with Gasteiger partial charge in [-0.25, -0.2) is 0 Å². The van der Waals surface area contributed by atoms with E-state index >= 15 is 0 Å². The zero-order chi connectivity index (χ0) is 25.6. The van der Waals surface area contributed by atoms with Crippen LogP contribution in [0.1, 0.15) is 49.7 Å². The van der Waals surface area contributed by atoms with Crippen LogP contribution in [0, 0.1) is 20.6 Å². The summed E-state index contributed by atoms with van der Waals surface area (Å²) >= 11 is 0. The van der Waals surface area contributed by atoms with Crippen LogP contribution in [-0.2, 0) is 12.8 Å². The van der Waals surface area contributed by atoms with Crippen LogP contribution < -0.4 is 0 Å². The van der Waals surface area contributed by atoms with Crippen LogP contribution in [-0.4, -0.2) is 83.3 Å². The van der Waals surface area contributed by atoms with Crippen molar-refractivity contribution in [3.8, 4) is 0 Å². The molecule has 0 heterocycles. The number of hydrogen-bond acceptors (Lipinski definition) is 6. The van der Waals surface area contributed by atoms with Crippen molar-refractivity contribution in [2.24, 2.45) is 21.8 Å². The molecule has 3 rings (SSSR count). The van der Waals surface area contributed by atoms with Gasteiger partial charge in [0.05, 0.1) is 41.0 Å². The van der Waals surface area contributed by atoms with Gasteiger partial charge >= 0.3 is 0 Å². The van der Waals surface area contributed by atoms with Crippen molar-refractivity contribution in [2.45, 2.75) is 63.5 Å². The third kappa shape index (κ3) is 10.5. The number of nitroso groups, excluding NO2 is 3. The maximum absolute atomic E-state index is 12.2. The van der Waals surface area contributed by atoms with Crippen molar-refractivity contribution >= 4 is 29.6 Å². The molecule has 0 unspecified atom stereocenters. The number of rotatable bonds is 16. The molecule has 1 radical (unpaired) electrons. The van der Waals surface area contributed by atoms with Gasteiger partial charge in [0, 0.05) is 43.1 Å². The first-order valence-electron chi connectivity index (χ1n) is 12.9. The number of hydrogen-bond donors (Lipinski definition) is 0. The zero-order valence-electron chi connectivity index (χ0n) is 22.2. The van der Waals surface area contributed by atoms with E-state index in [1.165, 1.54) is 34.3 Å². The molecule has 2 atom stereocenters. The summed E-state index contributed by atoms with van der Waals surface area (Å²) in [7, 11) is 1.62. The third-order valence-corrected chi connectivity index (χ3v) is 7.18. The Balaban J connectivity index is 0.00000481. The first-order chi connectivity index (χ1) is 17.6. The molecule has 195 valence electrons. The van der Waals surface area contributed by atoms with E-state index in [-0.39, 0.29) is 48.2 Å². The summed E-state index contributed by atoms with van der Waals surface area (Å²) in [4.78, 5) is 35.3. The second-order valence-electron chi connectivity index (χ2n) is 9.84. The average molecular weight is 518 g/mol. The van der Waals surface area contributed by atoms with Crippen LogP contribution in [0.5, 0.6) is 0 Å². The van der Waals surface area contributed by atoms with Gasteiger partial charge in [-0.2, -0.15) is 0 Å². The minimum absolute atomic E-state index is 0. The van der Waals surface area contributed by atoms with Gasteiger partial charge in [0.15, 0.2) is 0 Å². The van der Waals surface area contributed by atoms with E-state index in [1.54, 1.807) is 7.05 Å². The van der Waals surface area contributed by atoms with E-state index in [0.717, 1.165) is 30.4 Å². The minimum atomic E-state index is -0.352. The maximum Gasteiger partial charge on any atom is 0.0735 e. The third-order valence-electron chi connectivity index (χ3n) is 7.18. The fraction of sp³-hybridized carbons (Fsp3) is 0.556. The summed E-state index contributed by atoms with van der Waals surface area (Å²) < 4.78 is 0. The molecule has 1 fully saturated rings. The van der Waals surface area contributed by atoms with E-state index in [1.807, 2.05) is 60.7 Å². The molecule has 37 heavy (non-hydrogen) atoms. The smallest absolute Gasteiger partial charge is 0.0735 e. The van der Waals surface area contributed by atoms with E-state index in [9.17, 15) is 14.7 Å². The molecule has 0 amide bonds. The van der Waals surface area contributed by atoms with Crippen LogP contribution in [0.2, 0.25) is 0 Å². The summed E-state index contributed by atoms with van der Waals surface area (Å²) in [5.41, 5.74) is 2.17. The molecule has 9 nitrogen and oxygen atoms in total. The van der Waals surface area contributed by atoms with Crippen LogP contribution in [0.15, 0.2) is 76.5 Å². The largest absolute Gasteiger partial charge is 0.262 e. The molecular formula is C27H38N6NaO3. The summed E-state index contributed by atoms with van der Waals surface area (Å²) in [6, 6.07) is 19.2.